The number of nitrogens with zero attached hydrogens (tertiary/aromatic N) is 2. The summed E-state index contributed by atoms with van der Waals surface area (Å²) < 4.78 is 5.19. The summed E-state index contributed by atoms with van der Waals surface area (Å²) in [7, 11) is 1.53. The summed E-state index contributed by atoms with van der Waals surface area (Å²) in [6.07, 6.45) is 3.26. The van der Waals surface area contributed by atoms with Gasteiger partial charge in [0, 0.05) is 18.1 Å². The van der Waals surface area contributed by atoms with Gasteiger partial charge in [0.1, 0.15) is 11.4 Å². The van der Waals surface area contributed by atoms with Crippen molar-refractivity contribution >= 4 is 34.7 Å². The van der Waals surface area contributed by atoms with Crippen molar-refractivity contribution in [1.29, 1.82) is 0 Å². The molecule has 0 radical (unpaired) electrons. The molecule has 0 saturated carbocycles. The van der Waals surface area contributed by atoms with E-state index in [1.54, 1.807) is 42.7 Å². The monoisotopic (exact) mass is 433 g/mol. The van der Waals surface area contributed by atoms with E-state index in [0.29, 0.717) is 27.6 Å². The van der Waals surface area contributed by atoms with Crippen molar-refractivity contribution in [2.45, 2.75) is 13.5 Å². The van der Waals surface area contributed by atoms with Crippen LogP contribution >= 0.6 is 11.6 Å². The fraction of sp³-hybridized carbons (Fsp3) is 0.125. The first-order chi connectivity index (χ1) is 15.0. The minimum Gasteiger partial charge on any atom is -0.495 e. The summed E-state index contributed by atoms with van der Waals surface area (Å²) in [5.74, 6) is -0.231. The van der Waals surface area contributed by atoms with Gasteiger partial charge in [0.15, 0.2) is 0 Å². The molecule has 0 bridgehead atoms. The fourth-order valence-electron chi connectivity index (χ4n) is 3.38. The molecule has 1 aliphatic heterocycles. The van der Waals surface area contributed by atoms with Crippen LogP contribution in [-0.2, 0) is 16.1 Å². The number of hydrogen-bond donors (Lipinski definition) is 1. The zero-order valence-corrected chi connectivity index (χ0v) is 17.8. The first-order valence-electron chi connectivity index (χ1n) is 9.65. The van der Waals surface area contributed by atoms with E-state index in [1.165, 1.54) is 12.0 Å². The van der Waals surface area contributed by atoms with E-state index in [9.17, 15) is 9.59 Å². The minimum absolute atomic E-state index is 0.157. The Balaban J connectivity index is 1.74. The maximum atomic E-state index is 13.3. The van der Waals surface area contributed by atoms with Crippen LogP contribution in [0.2, 0.25) is 5.02 Å². The van der Waals surface area contributed by atoms with Crippen molar-refractivity contribution in [3.8, 4) is 5.75 Å². The molecule has 0 aliphatic carbocycles. The largest absolute Gasteiger partial charge is 0.495 e. The summed E-state index contributed by atoms with van der Waals surface area (Å²) in [6, 6.07) is 16.2. The average Bonchev–Trinajstić information content (AvgIpc) is 3.00. The number of pyridine rings is 1. The van der Waals surface area contributed by atoms with Crippen LogP contribution in [0.15, 0.2) is 72.7 Å². The Bertz CT molecular complexity index is 1170. The number of rotatable bonds is 6. The Kier molecular flexibility index (Phi) is 5.73. The zero-order valence-electron chi connectivity index (χ0n) is 17.1. The predicted octanol–water partition coefficient (Wildman–Crippen LogP) is 4.44. The Labute approximate surface area is 185 Å². The van der Waals surface area contributed by atoms with E-state index in [2.05, 4.69) is 10.3 Å². The highest BCUT2D eigenvalue weighted by molar-refractivity contribution is 6.36. The van der Waals surface area contributed by atoms with Crippen molar-refractivity contribution in [3.63, 3.8) is 0 Å². The number of nitrogens with one attached hydrogen (secondary N) is 1. The lowest BCUT2D eigenvalue weighted by Gasteiger charge is -2.15. The van der Waals surface area contributed by atoms with Gasteiger partial charge in [-0.1, -0.05) is 41.4 Å². The number of benzene rings is 2. The number of hydrogen-bond acceptors (Lipinski definition) is 5. The van der Waals surface area contributed by atoms with Gasteiger partial charge >= 0.3 is 0 Å². The van der Waals surface area contributed by atoms with Gasteiger partial charge in [-0.3, -0.25) is 19.5 Å². The molecular weight excluding hydrogens is 414 g/mol. The third kappa shape index (κ3) is 4.15. The van der Waals surface area contributed by atoms with Crippen LogP contribution in [0.25, 0.3) is 5.57 Å². The average molecular weight is 434 g/mol. The van der Waals surface area contributed by atoms with Gasteiger partial charge in [0.05, 0.1) is 24.3 Å². The normalized spacial score (nSPS) is 13.7. The molecule has 0 spiro atoms. The molecule has 156 valence electrons. The number of methoxy groups -OCH3 is 1. The quantitative estimate of drug-likeness (QED) is 0.582. The lowest BCUT2D eigenvalue weighted by atomic mass is 10.0. The van der Waals surface area contributed by atoms with Crippen molar-refractivity contribution < 1.29 is 14.3 Å². The molecule has 2 amide bonds. The number of aryl methyl sites for hydroxylation is 1. The molecular formula is C24H20ClN3O3. The molecule has 6 nitrogen and oxygen atoms in total. The summed E-state index contributed by atoms with van der Waals surface area (Å²) in [6.45, 7) is 2.12. The van der Waals surface area contributed by atoms with E-state index in [-0.39, 0.29) is 18.1 Å². The maximum absolute atomic E-state index is 13.3. The highest BCUT2D eigenvalue weighted by Gasteiger charge is 2.39. The number of carbonyl (C=O) groups excluding carboxylic acids is 2. The van der Waals surface area contributed by atoms with Crippen LogP contribution < -0.4 is 10.1 Å². The topological polar surface area (TPSA) is 71.5 Å². The molecule has 3 aromatic rings. The fourth-order valence-corrected chi connectivity index (χ4v) is 3.64. The van der Waals surface area contributed by atoms with Crippen LogP contribution in [-0.4, -0.2) is 28.8 Å². The second-order valence-corrected chi connectivity index (χ2v) is 7.55. The summed E-state index contributed by atoms with van der Waals surface area (Å²) in [4.78, 5) is 31.8. The molecule has 0 unspecified atom stereocenters. The smallest absolute Gasteiger partial charge is 0.278 e. The molecule has 0 fully saturated rings. The van der Waals surface area contributed by atoms with Gasteiger partial charge in [-0.05, 0) is 48.4 Å². The minimum atomic E-state index is -0.399. The van der Waals surface area contributed by atoms with Crippen LogP contribution in [0.5, 0.6) is 5.75 Å². The predicted molar refractivity (Wildman–Crippen MR) is 120 cm³/mol. The Morgan fingerprint density at radius 1 is 1.00 bits per heavy atom. The van der Waals surface area contributed by atoms with Crippen LogP contribution in [0.4, 0.5) is 5.69 Å². The van der Waals surface area contributed by atoms with E-state index >= 15 is 0 Å². The summed E-state index contributed by atoms with van der Waals surface area (Å²) in [5.41, 5.74) is 3.66. The molecule has 1 aliphatic rings. The van der Waals surface area contributed by atoms with E-state index in [1.807, 2.05) is 31.2 Å². The lowest BCUT2D eigenvalue weighted by Crippen LogP contribution is -2.32. The first-order valence-corrected chi connectivity index (χ1v) is 10.0. The number of halogens is 1. The zero-order chi connectivity index (χ0) is 22.0. The lowest BCUT2D eigenvalue weighted by molar-refractivity contribution is -0.137. The highest BCUT2D eigenvalue weighted by atomic mass is 35.5. The molecule has 0 saturated heterocycles. The van der Waals surface area contributed by atoms with Crippen molar-refractivity contribution in [3.05, 3.63) is 94.4 Å². The van der Waals surface area contributed by atoms with Gasteiger partial charge in [-0.2, -0.15) is 0 Å². The van der Waals surface area contributed by atoms with Crippen molar-refractivity contribution in [2.24, 2.45) is 0 Å². The van der Waals surface area contributed by atoms with Crippen LogP contribution in [0.3, 0.4) is 0 Å². The number of anilines is 1. The number of amides is 2. The van der Waals surface area contributed by atoms with Gasteiger partial charge in [0.25, 0.3) is 11.8 Å². The Hall–Kier alpha value is -3.64. The third-order valence-electron chi connectivity index (χ3n) is 5.02. The molecule has 2 aromatic carbocycles. The third-order valence-corrected chi connectivity index (χ3v) is 5.31. The maximum Gasteiger partial charge on any atom is 0.278 e. The van der Waals surface area contributed by atoms with E-state index in [0.717, 1.165) is 11.1 Å². The second-order valence-electron chi connectivity index (χ2n) is 7.14. The van der Waals surface area contributed by atoms with Gasteiger partial charge in [-0.15, -0.1) is 0 Å². The number of carbonyl (C=O) groups is 2. The number of aromatic nitrogens is 1. The molecule has 4 rings (SSSR count). The van der Waals surface area contributed by atoms with Crippen LogP contribution in [0.1, 0.15) is 16.7 Å². The summed E-state index contributed by atoms with van der Waals surface area (Å²) >= 11 is 6.24. The number of imide groups is 1. The van der Waals surface area contributed by atoms with Crippen molar-refractivity contribution in [1.82, 2.24) is 9.88 Å². The molecule has 7 heteroatoms. The van der Waals surface area contributed by atoms with Crippen molar-refractivity contribution in [2.75, 3.05) is 12.4 Å². The summed E-state index contributed by atoms with van der Waals surface area (Å²) in [5, 5.41) is 3.51. The van der Waals surface area contributed by atoms with E-state index < -0.39 is 5.91 Å². The Morgan fingerprint density at radius 2 is 1.71 bits per heavy atom. The molecule has 1 aromatic heterocycles. The highest BCUT2D eigenvalue weighted by Crippen LogP contribution is 2.33. The SMILES string of the molecule is COc1ccc(NC2=C(c3ccc(C)cc3)C(=O)N(Cc3ccncc3)C2=O)cc1Cl. The first kappa shape index (κ1) is 20.6. The van der Waals surface area contributed by atoms with E-state index in [4.69, 9.17) is 16.3 Å². The van der Waals surface area contributed by atoms with Crippen LogP contribution in [0, 0.1) is 6.92 Å². The van der Waals surface area contributed by atoms with Gasteiger partial charge < -0.3 is 10.1 Å². The van der Waals surface area contributed by atoms with Gasteiger partial charge in [-0.25, -0.2) is 0 Å². The second kappa shape index (κ2) is 8.62. The van der Waals surface area contributed by atoms with Gasteiger partial charge in [0.2, 0.25) is 0 Å². The molecule has 31 heavy (non-hydrogen) atoms. The standard InChI is InChI=1S/C24H20ClN3O3/c1-15-3-5-17(6-4-15)21-22(27-18-7-8-20(31-2)19(25)13-18)24(30)28(23(21)29)14-16-9-11-26-12-10-16/h3-13,27H,14H2,1-2H3. The number of ether oxygens (including phenoxy) is 1. The molecule has 0 atom stereocenters. The molecule has 1 N–H and O–H groups in total. The molecule has 2 heterocycles. The Morgan fingerprint density at radius 3 is 2.35 bits per heavy atom.